The van der Waals surface area contributed by atoms with E-state index in [-0.39, 0.29) is 17.0 Å². The maximum atomic E-state index is 13.4. The Labute approximate surface area is 161 Å². The number of thiophene rings is 1. The fourth-order valence-electron chi connectivity index (χ4n) is 2.69. The van der Waals surface area contributed by atoms with Crippen molar-refractivity contribution >= 4 is 32.1 Å². The van der Waals surface area contributed by atoms with E-state index in [2.05, 4.69) is 15.0 Å². The molecule has 1 unspecified atom stereocenters. The molecule has 0 aliphatic heterocycles. The van der Waals surface area contributed by atoms with E-state index in [0.717, 1.165) is 22.1 Å². The largest absolute Gasteiger partial charge is 0.387 e. The van der Waals surface area contributed by atoms with Crippen LogP contribution in [0, 0.1) is 5.13 Å². The molecule has 0 saturated carbocycles. The van der Waals surface area contributed by atoms with Crippen LogP contribution in [0.1, 0.15) is 18.6 Å². The summed E-state index contributed by atoms with van der Waals surface area (Å²) in [7, 11) is -3.68. The minimum atomic E-state index is -3.68. The molecule has 2 atom stereocenters. The summed E-state index contributed by atoms with van der Waals surface area (Å²) < 4.78 is 41.2. The maximum absolute atomic E-state index is 13.4. The van der Waals surface area contributed by atoms with Gasteiger partial charge in [0.2, 0.25) is 10.0 Å². The highest BCUT2D eigenvalue weighted by atomic mass is 32.2. The Bertz CT molecular complexity index is 1020. The first-order valence-corrected chi connectivity index (χ1v) is 10.7. The van der Waals surface area contributed by atoms with Gasteiger partial charge >= 0.3 is 0 Å². The maximum Gasteiger partial charge on any atom is 0.240 e. The highest BCUT2D eigenvalue weighted by Gasteiger charge is 2.18. The van der Waals surface area contributed by atoms with Gasteiger partial charge in [0.25, 0.3) is 0 Å². The van der Waals surface area contributed by atoms with Crippen molar-refractivity contribution in [2.75, 3.05) is 13.1 Å². The summed E-state index contributed by atoms with van der Waals surface area (Å²) in [6.07, 6.45) is 2.31. The standard InChI is InChI=1S/C18H20FN3O3S2/c1-12(9-21-11-17(23)16-5-7-26-18(16)19)22-27(24,25)15-3-2-14-10-20-6-4-13(14)8-15/h2-8,10,12,17,21-23H,9,11H2,1H3/t12-,17?/m1/s1. The number of aromatic nitrogens is 1. The van der Waals surface area contributed by atoms with Gasteiger partial charge in [-0.25, -0.2) is 13.1 Å². The summed E-state index contributed by atoms with van der Waals surface area (Å²) >= 11 is 0.929. The van der Waals surface area contributed by atoms with Gasteiger partial charge in [0.05, 0.1) is 11.0 Å². The Kier molecular flexibility index (Phi) is 6.18. The van der Waals surface area contributed by atoms with Crippen molar-refractivity contribution in [2.24, 2.45) is 0 Å². The lowest BCUT2D eigenvalue weighted by Gasteiger charge is -2.17. The molecule has 3 aromatic rings. The number of hydrogen-bond acceptors (Lipinski definition) is 6. The second-order valence-corrected chi connectivity index (χ2v) is 8.81. The number of halogens is 1. The molecule has 2 heterocycles. The zero-order valence-corrected chi connectivity index (χ0v) is 16.2. The fraction of sp³-hybridized carbons (Fsp3) is 0.278. The average Bonchev–Trinajstić information content (AvgIpc) is 3.07. The predicted octanol–water partition coefficient (Wildman–Crippen LogP) is 2.43. The summed E-state index contributed by atoms with van der Waals surface area (Å²) in [4.78, 5) is 4.18. The summed E-state index contributed by atoms with van der Waals surface area (Å²) in [5, 5.41) is 15.7. The lowest BCUT2D eigenvalue weighted by Crippen LogP contribution is -2.40. The zero-order chi connectivity index (χ0) is 19.4. The molecular formula is C18H20FN3O3S2. The van der Waals surface area contributed by atoms with Gasteiger partial charge < -0.3 is 10.4 Å². The van der Waals surface area contributed by atoms with Gasteiger partial charge in [-0.1, -0.05) is 6.07 Å². The Hall–Kier alpha value is -1.91. The van der Waals surface area contributed by atoms with Gasteiger partial charge in [-0.05, 0) is 42.0 Å². The second kappa shape index (κ2) is 8.41. The van der Waals surface area contributed by atoms with E-state index in [0.29, 0.717) is 6.54 Å². The number of nitrogens with one attached hydrogen (secondary N) is 2. The van der Waals surface area contributed by atoms with Gasteiger partial charge in [-0.15, -0.1) is 11.3 Å². The molecule has 2 aromatic heterocycles. The summed E-state index contributed by atoms with van der Waals surface area (Å²) in [6.45, 7) is 2.13. The zero-order valence-electron chi connectivity index (χ0n) is 14.6. The lowest BCUT2D eigenvalue weighted by molar-refractivity contribution is 0.170. The number of pyridine rings is 1. The van der Waals surface area contributed by atoms with E-state index in [4.69, 9.17) is 0 Å². The van der Waals surface area contributed by atoms with Gasteiger partial charge in [0, 0.05) is 42.5 Å². The van der Waals surface area contributed by atoms with Crippen molar-refractivity contribution in [3.8, 4) is 0 Å². The SMILES string of the molecule is C[C@H](CNCC(O)c1ccsc1F)NS(=O)(=O)c1ccc2cnccc2c1. The van der Waals surface area contributed by atoms with Crippen molar-refractivity contribution in [3.63, 3.8) is 0 Å². The van der Waals surface area contributed by atoms with Crippen LogP contribution in [0.2, 0.25) is 0 Å². The number of aliphatic hydroxyl groups is 1. The van der Waals surface area contributed by atoms with Crippen LogP contribution in [0.4, 0.5) is 4.39 Å². The molecule has 1 aromatic carbocycles. The van der Waals surface area contributed by atoms with Gasteiger partial charge in [-0.3, -0.25) is 4.98 Å². The van der Waals surface area contributed by atoms with Crippen molar-refractivity contribution in [1.82, 2.24) is 15.0 Å². The minimum absolute atomic E-state index is 0.128. The Morgan fingerprint density at radius 2 is 2.04 bits per heavy atom. The molecule has 6 nitrogen and oxygen atoms in total. The molecule has 0 fully saturated rings. The van der Waals surface area contributed by atoms with E-state index >= 15 is 0 Å². The van der Waals surface area contributed by atoms with Crippen LogP contribution in [0.3, 0.4) is 0 Å². The van der Waals surface area contributed by atoms with Crippen LogP contribution in [-0.2, 0) is 10.0 Å². The van der Waals surface area contributed by atoms with Crippen LogP contribution in [0.15, 0.2) is 53.0 Å². The van der Waals surface area contributed by atoms with Gasteiger partial charge in [0.15, 0.2) is 5.13 Å². The van der Waals surface area contributed by atoms with Crippen molar-refractivity contribution in [1.29, 1.82) is 0 Å². The molecule has 144 valence electrons. The third-order valence-electron chi connectivity index (χ3n) is 4.07. The van der Waals surface area contributed by atoms with E-state index in [1.54, 1.807) is 42.9 Å². The number of nitrogens with zero attached hydrogens (tertiary/aromatic N) is 1. The van der Waals surface area contributed by atoms with Gasteiger partial charge in [0.1, 0.15) is 0 Å². The normalized spacial score (nSPS) is 14.3. The number of sulfonamides is 1. The van der Waals surface area contributed by atoms with Crippen molar-refractivity contribution < 1.29 is 17.9 Å². The lowest BCUT2D eigenvalue weighted by atomic mass is 10.2. The van der Waals surface area contributed by atoms with E-state index in [9.17, 15) is 17.9 Å². The number of benzene rings is 1. The fourth-order valence-corrected chi connectivity index (χ4v) is 4.65. The Balaban J connectivity index is 1.57. The molecule has 9 heteroatoms. The smallest absolute Gasteiger partial charge is 0.240 e. The molecule has 0 bridgehead atoms. The van der Waals surface area contributed by atoms with Crippen molar-refractivity contribution in [2.45, 2.75) is 24.0 Å². The molecule has 0 spiro atoms. The topological polar surface area (TPSA) is 91.3 Å². The number of fused-ring (bicyclic) bond motifs is 1. The molecule has 3 N–H and O–H groups in total. The third-order valence-corrected chi connectivity index (χ3v) is 6.37. The van der Waals surface area contributed by atoms with Crippen LogP contribution in [-0.4, -0.2) is 37.6 Å². The highest BCUT2D eigenvalue weighted by molar-refractivity contribution is 7.89. The Morgan fingerprint density at radius 1 is 1.22 bits per heavy atom. The monoisotopic (exact) mass is 409 g/mol. The van der Waals surface area contributed by atoms with Crippen LogP contribution in [0.5, 0.6) is 0 Å². The first kappa shape index (κ1) is 19.8. The molecule has 0 amide bonds. The first-order valence-electron chi connectivity index (χ1n) is 8.34. The quantitative estimate of drug-likeness (QED) is 0.532. The molecular weight excluding hydrogens is 389 g/mol. The molecule has 0 radical (unpaired) electrons. The number of aliphatic hydroxyl groups excluding tert-OH is 1. The van der Waals surface area contributed by atoms with Gasteiger partial charge in [-0.2, -0.15) is 4.39 Å². The second-order valence-electron chi connectivity index (χ2n) is 6.23. The Morgan fingerprint density at radius 3 is 2.78 bits per heavy atom. The average molecular weight is 410 g/mol. The van der Waals surface area contributed by atoms with E-state index < -0.39 is 27.3 Å². The molecule has 0 saturated heterocycles. The van der Waals surface area contributed by atoms with Crippen LogP contribution in [0.25, 0.3) is 10.8 Å². The summed E-state index contributed by atoms with van der Waals surface area (Å²) in [5.74, 6) is 0. The van der Waals surface area contributed by atoms with Crippen LogP contribution >= 0.6 is 11.3 Å². The summed E-state index contributed by atoms with van der Waals surface area (Å²) in [5.41, 5.74) is 0.242. The molecule has 0 aliphatic carbocycles. The van der Waals surface area contributed by atoms with Crippen molar-refractivity contribution in [3.05, 3.63) is 58.8 Å². The minimum Gasteiger partial charge on any atom is -0.387 e. The molecule has 27 heavy (non-hydrogen) atoms. The number of hydrogen-bond donors (Lipinski definition) is 3. The van der Waals surface area contributed by atoms with E-state index in [1.165, 1.54) is 12.1 Å². The number of rotatable bonds is 8. The third kappa shape index (κ3) is 4.88. The molecule has 3 rings (SSSR count). The first-order chi connectivity index (χ1) is 12.9. The summed E-state index contributed by atoms with van der Waals surface area (Å²) in [6, 6.07) is 7.73. The predicted molar refractivity (Wildman–Crippen MR) is 104 cm³/mol. The van der Waals surface area contributed by atoms with Crippen LogP contribution < -0.4 is 10.0 Å². The highest BCUT2D eigenvalue weighted by Crippen LogP contribution is 2.21. The van der Waals surface area contributed by atoms with E-state index in [1.807, 2.05) is 0 Å². The molecule has 0 aliphatic rings.